The normalized spacial score (nSPS) is 15.7. The third kappa shape index (κ3) is 3.62. The summed E-state index contributed by atoms with van der Waals surface area (Å²) in [5.41, 5.74) is 0.0746. The van der Waals surface area contributed by atoms with Gasteiger partial charge in [-0.05, 0) is 24.5 Å². The molecular formula is C14H19N3O4. The molecule has 1 aromatic rings. The second-order valence-corrected chi connectivity index (χ2v) is 5.18. The number of hydrogen-bond acceptors (Lipinski definition) is 4. The van der Waals surface area contributed by atoms with Gasteiger partial charge in [-0.1, -0.05) is 6.42 Å². The molecule has 7 nitrogen and oxygen atoms in total. The second kappa shape index (κ2) is 6.43. The fourth-order valence-electron chi connectivity index (χ4n) is 2.24. The number of pyridine rings is 1. The quantitative estimate of drug-likeness (QED) is 0.730. The average molecular weight is 293 g/mol. The summed E-state index contributed by atoms with van der Waals surface area (Å²) in [4.78, 5) is 26.9. The van der Waals surface area contributed by atoms with Crippen LogP contribution in [0, 0.1) is 5.41 Å². The lowest BCUT2D eigenvalue weighted by Crippen LogP contribution is -2.49. The Morgan fingerprint density at radius 2 is 2.19 bits per heavy atom. The van der Waals surface area contributed by atoms with Gasteiger partial charge in [-0.3, -0.25) is 4.79 Å². The van der Waals surface area contributed by atoms with Gasteiger partial charge in [-0.15, -0.1) is 0 Å². The Balaban J connectivity index is 1.78. The third-order valence-corrected chi connectivity index (χ3v) is 3.81. The van der Waals surface area contributed by atoms with Gasteiger partial charge in [0.05, 0.1) is 12.5 Å². The van der Waals surface area contributed by atoms with Crippen molar-refractivity contribution >= 4 is 12.0 Å². The van der Waals surface area contributed by atoms with Gasteiger partial charge in [-0.2, -0.15) is 0 Å². The van der Waals surface area contributed by atoms with Crippen molar-refractivity contribution in [1.29, 1.82) is 0 Å². The average Bonchev–Trinajstić information content (AvgIpc) is 2.44. The van der Waals surface area contributed by atoms with Crippen LogP contribution in [0.2, 0.25) is 0 Å². The van der Waals surface area contributed by atoms with Gasteiger partial charge in [0.2, 0.25) is 5.88 Å². The van der Waals surface area contributed by atoms with Crippen LogP contribution in [0.4, 0.5) is 4.79 Å². The van der Waals surface area contributed by atoms with Crippen molar-refractivity contribution in [2.45, 2.75) is 25.8 Å². The molecular weight excluding hydrogens is 274 g/mol. The molecule has 0 aliphatic heterocycles. The van der Waals surface area contributed by atoms with Crippen LogP contribution in [0.15, 0.2) is 18.3 Å². The first kappa shape index (κ1) is 15.1. The molecule has 0 atom stereocenters. The van der Waals surface area contributed by atoms with E-state index in [1.807, 2.05) is 0 Å². The number of carboxylic acid groups (broad SMARTS) is 1. The fourth-order valence-corrected chi connectivity index (χ4v) is 2.24. The van der Waals surface area contributed by atoms with Crippen molar-refractivity contribution in [2.24, 2.45) is 5.41 Å². The van der Waals surface area contributed by atoms with Crippen LogP contribution in [0.25, 0.3) is 0 Å². The minimum Gasteiger partial charge on any atom is -0.481 e. The van der Waals surface area contributed by atoms with Crippen LogP contribution in [0.3, 0.4) is 0 Å². The molecule has 1 saturated carbocycles. The molecule has 0 unspecified atom stereocenters. The van der Waals surface area contributed by atoms with Crippen molar-refractivity contribution in [2.75, 3.05) is 13.7 Å². The molecule has 1 fully saturated rings. The Bertz CT molecular complexity index is 529. The van der Waals surface area contributed by atoms with E-state index in [2.05, 4.69) is 15.6 Å². The van der Waals surface area contributed by atoms with Crippen molar-refractivity contribution in [3.05, 3.63) is 23.9 Å². The van der Waals surface area contributed by atoms with Crippen LogP contribution in [-0.4, -0.2) is 35.7 Å². The standard InChI is InChI=1S/C14H19N3O4/c1-21-11-7-10(3-6-15-11)8-16-13(20)17-9-14(12(18)19)4-2-5-14/h3,6-7H,2,4-5,8-9H2,1H3,(H,18,19)(H2,16,17,20). The van der Waals surface area contributed by atoms with Crippen LogP contribution in [0.1, 0.15) is 24.8 Å². The monoisotopic (exact) mass is 293 g/mol. The summed E-state index contributed by atoms with van der Waals surface area (Å²) >= 11 is 0. The molecule has 7 heteroatoms. The zero-order valence-electron chi connectivity index (χ0n) is 11.9. The zero-order chi connectivity index (χ0) is 15.3. The number of carbonyl (C=O) groups is 2. The number of urea groups is 1. The van der Waals surface area contributed by atoms with E-state index in [1.165, 1.54) is 7.11 Å². The number of carboxylic acids is 1. The summed E-state index contributed by atoms with van der Waals surface area (Å²) in [7, 11) is 1.52. The molecule has 2 amide bonds. The van der Waals surface area contributed by atoms with E-state index in [9.17, 15) is 9.59 Å². The predicted molar refractivity (Wildman–Crippen MR) is 74.9 cm³/mol. The third-order valence-electron chi connectivity index (χ3n) is 3.81. The lowest BCUT2D eigenvalue weighted by atomic mass is 9.69. The summed E-state index contributed by atoms with van der Waals surface area (Å²) in [6.45, 7) is 0.485. The predicted octanol–water partition coefficient (Wildman–Crippen LogP) is 1.14. The lowest BCUT2D eigenvalue weighted by molar-refractivity contribution is -0.153. The van der Waals surface area contributed by atoms with Gasteiger partial charge in [0.15, 0.2) is 0 Å². The number of methoxy groups -OCH3 is 1. The number of rotatable bonds is 6. The maximum absolute atomic E-state index is 11.7. The number of aliphatic carboxylic acids is 1. The highest BCUT2D eigenvalue weighted by Crippen LogP contribution is 2.40. The minimum absolute atomic E-state index is 0.161. The first-order valence-corrected chi connectivity index (χ1v) is 6.80. The Morgan fingerprint density at radius 3 is 2.76 bits per heavy atom. The van der Waals surface area contributed by atoms with Gasteiger partial charge in [0.25, 0.3) is 0 Å². The number of carbonyl (C=O) groups excluding carboxylic acids is 1. The Kier molecular flexibility index (Phi) is 4.62. The number of nitrogens with zero attached hydrogens (tertiary/aromatic N) is 1. The van der Waals surface area contributed by atoms with E-state index in [-0.39, 0.29) is 12.6 Å². The highest BCUT2D eigenvalue weighted by molar-refractivity contribution is 5.78. The van der Waals surface area contributed by atoms with Gasteiger partial charge in [0, 0.05) is 25.4 Å². The minimum atomic E-state index is -0.840. The van der Waals surface area contributed by atoms with Crippen LogP contribution < -0.4 is 15.4 Å². The number of hydrogen-bond donors (Lipinski definition) is 3. The summed E-state index contributed by atoms with van der Waals surface area (Å²) in [5, 5.41) is 14.5. The van der Waals surface area contributed by atoms with Gasteiger partial charge in [-0.25, -0.2) is 9.78 Å². The Morgan fingerprint density at radius 1 is 1.43 bits per heavy atom. The van der Waals surface area contributed by atoms with Crippen molar-refractivity contribution in [3.63, 3.8) is 0 Å². The smallest absolute Gasteiger partial charge is 0.315 e. The molecule has 2 rings (SSSR count). The number of ether oxygens (including phenoxy) is 1. The molecule has 0 aromatic carbocycles. The molecule has 0 radical (unpaired) electrons. The van der Waals surface area contributed by atoms with E-state index >= 15 is 0 Å². The van der Waals surface area contributed by atoms with Crippen LogP contribution in [0.5, 0.6) is 5.88 Å². The Labute approximate surface area is 122 Å². The van der Waals surface area contributed by atoms with Crippen molar-refractivity contribution in [3.8, 4) is 5.88 Å². The van der Waals surface area contributed by atoms with Gasteiger partial charge >= 0.3 is 12.0 Å². The number of aromatic nitrogens is 1. The van der Waals surface area contributed by atoms with Gasteiger partial charge in [0.1, 0.15) is 0 Å². The van der Waals surface area contributed by atoms with E-state index in [1.54, 1.807) is 18.3 Å². The molecule has 1 heterocycles. The molecule has 3 N–H and O–H groups in total. The van der Waals surface area contributed by atoms with Gasteiger partial charge < -0.3 is 20.5 Å². The van der Waals surface area contributed by atoms with Crippen LogP contribution >= 0.6 is 0 Å². The largest absolute Gasteiger partial charge is 0.481 e. The SMILES string of the molecule is COc1cc(CNC(=O)NCC2(C(=O)O)CCC2)ccn1. The molecule has 0 saturated heterocycles. The van der Waals surface area contributed by atoms with Crippen molar-refractivity contribution < 1.29 is 19.4 Å². The summed E-state index contributed by atoms with van der Waals surface area (Å²) in [6.07, 6.45) is 3.72. The lowest BCUT2D eigenvalue weighted by Gasteiger charge is -2.37. The van der Waals surface area contributed by atoms with E-state index in [0.29, 0.717) is 25.3 Å². The summed E-state index contributed by atoms with van der Waals surface area (Å²) < 4.78 is 5.00. The molecule has 114 valence electrons. The second-order valence-electron chi connectivity index (χ2n) is 5.18. The topological polar surface area (TPSA) is 101 Å². The molecule has 1 aromatic heterocycles. The number of nitrogens with one attached hydrogen (secondary N) is 2. The first-order chi connectivity index (χ1) is 10.1. The number of amides is 2. The Hall–Kier alpha value is -2.31. The van der Waals surface area contributed by atoms with Crippen molar-refractivity contribution in [1.82, 2.24) is 15.6 Å². The molecule has 0 bridgehead atoms. The molecule has 1 aliphatic rings. The summed E-state index contributed by atoms with van der Waals surface area (Å²) in [6, 6.07) is 3.12. The van der Waals surface area contributed by atoms with Crippen LogP contribution in [-0.2, 0) is 11.3 Å². The first-order valence-electron chi connectivity index (χ1n) is 6.80. The molecule has 0 spiro atoms. The zero-order valence-corrected chi connectivity index (χ0v) is 11.9. The summed E-state index contributed by atoms with van der Waals surface area (Å²) in [5.74, 6) is -0.359. The maximum Gasteiger partial charge on any atom is 0.315 e. The molecule has 21 heavy (non-hydrogen) atoms. The fraction of sp³-hybridized carbons (Fsp3) is 0.500. The van der Waals surface area contributed by atoms with E-state index in [0.717, 1.165) is 12.0 Å². The van der Waals surface area contributed by atoms with E-state index in [4.69, 9.17) is 9.84 Å². The highest BCUT2D eigenvalue weighted by atomic mass is 16.5. The molecule has 1 aliphatic carbocycles. The maximum atomic E-state index is 11.7. The van der Waals surface area contributed by atoms with E-state index < -0.39 is 11.4 Å². The highest BCUT2D eigenvalue weighted by Gasteiger charge is 2.44.